The molecule has 1 aromatic carbocycles. The summed E-state index contributed by atoms with van der Waals surface area (Å²) in [6, 6.07) is 5.71. The van der Waals surface area contributed by atoms with Crippen molar-refractivity contribution in [1.82, 2.24) is 0 Å². The summed E-state index contributed by atoms with van der Waals surface area (Å²) in [6.45, 7) is 2.21. The van der Waals surface area contributed by atoms with Crippen LogP contribution in [-0.4, -0.2) is 0 Å². The van der Waals surface area contributed by atoms with E-state index < -0.39 is 0 Å². The summed E-state index contributed by atoms with van der Waals surface area (Å²) in [5.74, 6) is 0. The zero-order valence-electron chi connectivity index (χ0n) is 9.68. The van der Waals surface area contributed by atoms with Gasteiger partial charge in [-0.2, -0.15) is 0 Å². The van der Waals surface area contributed by atoms with Gasteiger partial charge in [-0.3, -0.25) is 0 Å². The molecule has 0 heterocycles. The minimum Gasteiger partial charge on any atom is -0.324 e. The first-order valence-electron chi connectivity index (χ1n) is 5.85. The molecule has 1 nitrogen and oxygen atoms in total. The fraction of sp³-hybridized carbons (Fsp3) is 0.538. The van der Waals surface area contributed by atoms with Gasteiger partial charge in [-0.15, -0.1) is 0 Å². The molecule has 3 heteroatoms. The number of hydrogen-bond acceptors (Lipinski definition) is 1. The van der Waals surface area contributed by atoms with Crippen LogP contribution in [-0.2, 0) is 0 Å². The van der Waals surface area contributed by atoms with E-state index in [2.05, 4.69) is 6.92 Å². The molecular weight excluding hydrogens is 241 g/mol. The van der Waals surface area contributed by atoms with Gasteiger partial charge in [0, 0.05) is 6.04 Å². The first-order valence-corrected chi connectivity index (χ1v) is 6.61. The molecule has 0 saturated carbocycles. The molecule has 0 aliphatic heterocycles. The van der Waals surface area contributed by atoms with Crippen molar-refractivity contribution in [3.8, 4) is 0 Å². The molecule has 1 rings (SSSR count). The van der Waals surface area contributed by atoms with Crippen LogP contribution in [0.4, 0.5) is 0 Å². The molecule has 1 atom stereocenters. The molecule has 0 aliphatic rings. The van der Waals surface area contributed by atoms with Crippen molar-refractivity contribution >= 4 is 23.2 Å². The summed E-state index contributed by atoms with van der Waals surface area (Å²) in [6.07, 6.45) is 5.98. The molecule has 2 N–H and O–H groups in total. The van der Waals surface area contributed by atoms with Gasteiger partial charge in [-0.25, -0.2) is 0 Å². The largest absolute Gasteiger partial charge is 0.324 e. The predicted molar refractivity (Wildman–Crippen MR) is 72.1 cm³/mol. The highest BCUT2D eigenvalue weighted by Crippen LogP contribution is 2.26. The monoisotopic (exact) mass is 259 g/mol. The first kappa shape index (κ1) is 13.8. The van der Waals surface area contributed by atoms with Gasteiger partial charge in [0.15, 0.2) is 0 Å². The Morgan fingerprint density at radius 1 is 1.12 bits per heavy atom. The van der Waals surface area contributed by atoms with Crippen molar-refractivity contribution in [3.05, 3.63) is 33.8 Å². The SMILES string of the molecule is CCCCCCC(N)c1ccc(Cl)c(Cl)c1. The van der Waals surface area contributed by atoms with Crippen molar-refractivity contribution in [2.24, 2.45) is 5.73 Å². The van der Waals surface area contributed by atoms with E-state index in [1.165, 1.54) is 25.7 Å². The second-order valence-electron chi connectivity index (χ2n) is 4.13. The van der Waals surface area contributed by atoms with Crippen LogP contribution in [0.2, 0.25) is 10.0 Å². The summed E-state index contributed by atoms with van der Waals surface area (Å²) in [5.41, 5.74) is 7.17. The number of rotatable bonds is 6. The average Bonchev–Trinajstić information content (AvgIpc) is 2.28. The van der Waals surface area contributed by atoms with E-state index in [0.29, 0.717) is 10.0 Å². The third kappa shape index (κ3) is 4.32. The molecule has 0 amide bonds. The third-order valence-electron chi connectivity index (χ3n) is 2.74. The van der Waals surface area contributed by atoms with E-state index in [1.807, 2.05) is 18.2 Å². The van der Waals surface area contributed by atoms with Crippen molar-refractivity contribution in [3.63, 3.8) is 0 Å². The number of hydrogen-bond donors (Lipinski definition) is 1. The Hall–Kier alpha value is -0.240. The second-order valence-corrected chi connectivity index (χ2v) is 4.94. The average molecular weight is 260 g/mol. The van der Waals surface area contributed by atoms with Crippen molar-refractivity contribution in [2.45, 2.75) is 45.1 Å². The number of halogens is 2. The van der Waals surface area contributed by atoms with Gasteiger partial charge in [-0.1, -0.05) is 61.9 Å². The maximum atomic E-state index is 6.09. The first-order chi connectivity index (χ1) is 7.65. The molecule has 0 fully saturated rings. The van der Waals surface area contributed by atoms with Gasteiger partial charge < -0.3 is 5.73 Å². The summed E-state index contributed by atoms with van der Waals surface area (Å²) < 4.78 is 0. The fourth-order valence-corrected chi connectivity index (χ4v) is 2.01. The number of unbranched alkanes of at least 4 members (excludes halogenated alkanes) is 3. The lowest BCUT2D eigenvalue weighted by Gasteiger charge is -2.12. The van der Waals surface area contributed by atoms with E-state index >= 15 is 0 Å². The van der Waals surface area contributed by atoms with Crippen molar-refractivity contribution in [2.75, 3.05) is 0 Å². The fourth-order valence-electron chi connectivity index (χ4n) is 1.70. The molecule has 16 heavy (non-hydrogen) atoms. The van der Waals surface area contributed by atoms with Crippen LogP contribution >= 0.6 is 23.2 Å². The van der Waals surface area contributed by atoms with E-state index in [1.54, 1.807) is 0 Å². The molecule has 0 bridgehead atoms. The Labute approximate surface area is 108 Å². The number of nitrogens with two attached hydrogens (primary N) is 1. The summed E-state index contributed by atoms with van der Waals surface area (Å²) in [7, 11) is 0. The minimum atomic E-state index is 0.0756. The zero-order valence-corrected chi connectivity index (χ0v) is 11.2. The van der Waals surface area contributed by atoms with E-state index in [-0.39, 0.29) is 6.04 Å². The molecule has 0 saturated heterocycles. The molecule has 0 aromatic heterocycles. The predicted octanol–water partition coefficient (Wildman–Crippen LogP) is 4.96. The highest BCUT2D eigenvalue weighted by atomic mass is 35.5. The van der Waals surface area contributed by atoms with Crippen LogP contribution in [0.5, 0.6) is 0 Å². The third-order valence-corrected chi connectivity index (χ3v) is 3.48. The Bertz CT molecular complexity index is 326. The Morgan fingerprint density at radius 3 is 2.50 bits per heavy atom. The maximum Gasteiger partial charge on any atom is 0.0595 e. The normalized spacial score (nSPS) is 12.8. The second kappa shape index (κ2) is 7.16. The lowest BCUT2D eigenvalue weighted by molar-refractivity contribution is 0.566. The van der Waals surface area contributed by atoms with Crippen LogP contribution in [0.3, 0.4) is 0 Å². The Morgan fingerprint density at radius 2 is 1.88 bits per heavy atom. The summed E-state index contributed by atoms with van der Waals surface area (Å²) in [4.78, 5) is 0. The van der Waals surface area contributed by atoms with Gasteiger partial charge in [0.05, 0.1) is 10.0 Å². The van der Waals surface area contributed by atoms with Gasteiger partial charge in [0.2, 0.25) is 0 Å². The standard InChI is InChI=1S/C13H19Cl2N/c1-2-3-4-5-6-13(16)10-7-8-11(14)12(15)9-10/h7-9,13H,2-6,16H2,1H3. The molecule has 1 aromatic rings. The quantitative estimate of drug-likeness (QED) is 0.718. The molecule has 0 aliphatic carbocycles. The van der Waals surface area contributed by atoms with Crippen LogP contribution in [0.25, 0.3) is 0 Å². The van der Waals surface area contributed by atoms with Crippen LogP contribution in [0, 0.1) is 0 Å². The highest BCUT2D eigenvalue weighted by molar-refractivity contribution is 6.42. The molecule has 0 radical (unpaired) electrons. The lowest BCUT2D eigenvalue weighted by atomic mass is 10.0. The summed E-state index contributed by atoms with van der Waals surface area (Å²) in [5, 5.41) is 1.17. The van der Waals surface area contributed by atoms with Crippen LogP contribution in [0.15, 0.2) is 18.2 Å². The van der Waals surface area contributed by atoms with Gasteiger partial charge in [0.25, 0.3) is 0 Å². The van der Waals surface area contributed by atoms with Gasteiger partial charge in [0.1, 0.15) is 0 Å². The van der Waals surface area contributed by atoms with E-state index in [0.717, 1.165) is 12.0 Å². The summed E-state index contributed by atoms with van der Waals surface area (Å²) >= 11 is 11.8. The molecule has 90 valence electrons. The van der Waals surface area contributed by atoms with E-state index in [4.69, 9.17) is 28.9 Å². The van der Waals surface area contributed by atoms with Crippen molar-refractivity contribution in [1.29, 1.82) is 0 Å². The van der Waals surface area contributed by atoms with Gasteiger partial charge in [-0.05, 0) is 24.1 Å². The Balaban J connectivity index is 2.46. The molecule has 1 unspecified atom stereocenters. The molecular formula is C13H19Cl2N. The minimum absolute atomic E-state index is 0.0756. The topological polar surface area (TPSA) is 26.0 Å². The maximum absolute atomic E-state index is 6.09. The van der Waals surface area contributed by atoms with Crippen molar-refractivity contribution < 1.29 is 0 Å². The zero-order chi connectivity index (χ0) is 12.0. The lowest BCUT2D eigenvalue weighted by Crippen LogP contribution is -2.09. The smallest absolute Gasteiger partial charge is 0.0595 e. The van der Waals surface area contributed by atoms with E-state index in [9.17, 15) is 0 Å². The Kier molecular flexibility index (Phi) is 6.18. The number of benzene rings is 1. The van der Waals surface area contributed by atoms with Crippen LogP contribution < -0.4 is 5.73 Å². The molecule has 0 spiro atoms. The highest BCUT2D eigenvalue weighted by Gasteiger charge is 2.07. The van der Waals surface area contributed by atoms with Crippen LogP contribution in [0.1, 0.15) is 50.6 Å². The van der Waals surface area contributed by atoms with Gasteiger partial charge >= 0.3 is 0 Å².